The van der Waals surface area contributed by atoms with Crippen LogP contribution < -0.4 is 10.6 Å². The van der Waals surface area contributed by atoms with Gasteiger partial charge in [-0.25, -0.2) is 4.98 Å². The van der Waals surface area contributed by atoms with Gasteiger partial charge in [-0.3, -0.25) is 4.79 Å². The van der Waals surface area contributed by atoms with Crippen molar-refractivity contribution in [2.45, 2.75) is 26.3 Å². The summed E-state index contributed by atoms with van der Waals surface area (Å²) in [6.45, 7) is 4.88. The molecule has 4 nitrogen and oxygen atoms in total. The number of nitrogens with one attached hydrogen (secondary N) is 2. The molecule has 1 aromatic heterocycles. The minimum atomic E-state index is -0.00225. The fourth-order valence-corrected chi connectivity index (χ4v) is 1.60. The van der Waals surface area contributed by atoms with Crippen molar-refractivity contribution in [3.05, 3.63) is 22.9 Å². The molecule has 0 fully saturated rings. The zero-order valence-electron chi connectivity index (χ0n) is 9.46. The second-order valence-electron chi connectivity index (χ2n) is 3.58. The molecule has 0 radical (unpaired) electrons. The van der Waals surface area contributed by atoms with Crippen molar-refractivity contribution < 1.29 is 4.79 Å². The lowest BCUT2D eigenvalue weighted by atomic mass is 10.2. The molecule has 0 aliphatic rings. The fraction of sp³-hybridized carbons (Fsp3) is 0.455. The Morgan fingerprint density at radius 3 is 2.88 bits per heavy atom. The molecule has 0 bridgehead atoms. The van der Waals surface area contributed by atoms with Gasteiger partial charge in [0.1, 0.15) is 4.60 Å². The molecule has 0 saturated heterocycles. The predicted octanol–water partition coefficient (Wildman–Crippen LogP) is 2.17. The second-order valence-corrected chi connectivity index (χ2v) is 4.39. The molecule has 88 valence electrons. The first kappa shape index (κ1) is 13.1. The molecule has 16 heavy (non-hydrogen) atoms. The summed E-state index contributed by atoms with van der Waals surface area (Å²) in [6, 6.07) is 3.80. The maximum atomic E-state index is 11.6. The van der Waals surface area contributed by atoms with Gasteiger partial charge in [-0.15, -0.1) is 0 Å². The highest BCUT2D eigenvalue weighted by atomic mass is 79.9. The summed E-state index contributed by atoms with van der Waals surface area (Å²) in [5, 5.41) is 5.98. The highest BCUT2D eigenvalue weighted by Crippen LogP contribution is 2.10. The maximum absolute atomic E-state index is 11.6. The molecule has 5 heteroatoms. The van der Waals surface area contributed by atoms with Crippen LogP contribution in [0.4, 0.5) is 5.69 Å². The normalized spacial score (nSPS) is 12.2. The number of nitrogens with zero attached hydrogens (tertiary/aromatic N) is 1. The second kappa shape index (κ2) is 6.60. The van der Waals surface area contributed by atoms with Crippen LogP contribution in [-0.2, 0) is 4.79 Å². The number of pyridine rings is 1. The molecular weight excluding hydrogens is 270 g/mol. The van der Waals surface area contributed by atoms with E-state index in [9.17, 15) is 4.79 Å². The summed E-state index contributed by atoms with van der Waals surface area (Å²) in [5.74, 6) is -0.00225. The van der Waals surface area contributed by atoms with Gasteiger partial charge in [0.2, 0.25) is 5.91 Å². The van der Waals surface area contributed by atoms with Crippen LogP contribution in [0.2, 0.25) is 0 Å². The lowest BCUT2D eigenvalue weighted by Crippen LogP contribution is -2.30. The Kier molecular flexibility index (Phi) is 5.42. The molecular formula is C11H16BrN3O. The number of halogens is 1. The summed E-state index contributed by atoms with van der Waals surface area (Å²) < 4.78 is 0.756. The number of rotatable bonds is 5. The van der Waals surface area contributed by atoms with Gasteiger partial charge in [0.15, 0.2) is 0 Å². The standard InChI is InChI=1S/C11H16BrN3O/c1-3-13-8(2)6-11(16)15-9-4-5-10(12)14-7-9/h4-5,7-8,13H,3,6H2,1-2H3,(H,15,16). The number of carbonyl (C=O) groups is 1. The summed E-state index contributed by atoms with van der Waals surface area (Å²) in [6.07, 6.45) is 2.09. The van der Waals surface area contributed by atoms with E-state index in [0.29, 0.717) is 6.42 Å². The van der Waals surface area contributed by atoms with Gasteiger partial charge in [0.25, 0.3) is 0 Å². The molecule has 1 atom stereocenters. The summed E-state index contributed by atoms with van der Waals surface area (Å²) in [5.41, 5.74) is 0.719. The molecule has 1 aromatic rings. The third-order valence-corrected chi connectivity index (χ3v) is 2.52. The Hall–Kier alpha value is -0.940. The fourth-order valence-electron chi connectivity index (χ4n) is 1.36. The lowest BCUT2D eigenvalue weighted by Gasteiger charge is -2.11. The van der Waals surface area contributed by atoms with Crippen LogP contribution in [-0.4, -0.2) is 23.5 Å². The van der Waals surface area contributed by atoms with Crippen molar-refractivity contribution >= 4 is 27.5 Å². The smallest absolute Gasteiger partial charge is 0.225 e. The summed E-state index contributed by atoms with van der Waals surface area (Å²) in [7, 11) is 0. The van der Waals surface area contributed by atoms with Gasteiger partial charge in [0, 0.05) is 12.5 Å². The van der Waals surface area contributed by atoms with Gasteiger partial charge in [0.05, 0.1) is 11.9 Å². The molecule has 0 saturated carbocycles. The minimum absolute atomic E-state index is 0.00225. The van der Waals surface area contributed by atoms with Crippen molar-refractivity contribution in [1.82, 2.24) is 10.3 Å². The number of hydrogen-bond acceptors (Lipinski definition) is 3. The van der Waals surface area contributed by atoms with Crippen LogP contribution in [0.5, 0.6) is 0 Å². The largest absolute Gasteiger partial charge is 0.325 e. The molecule has 0 aliphatic heterocycles. The van der Waals surface area contributed by atoms with E-state index >= 15 is 0 Å². The first-order valence-corrected chi connectivity index (χ1v) is 6.06. The van der Waals surface area contributed by atoms with Crippen molar-refractivity contribution in [3.63, 3.8) is 0 Å². The van der Waals surface area contributed by atoms with Crippen molar-refractivity contribution in [2.24, 2.45) is 0 Å². The van der Waals surface area contributed by atoms with Crippen LogP contribution in [0.25, 0.3) is 0 Å². The molecule has 1 heterocycles. The SMILES string of the molecule is CCNC(C)CC(=O)Nc1ccc(Br)nc1. The van der Waals surface area contributed by atoms with E-state index in [-0.39, 0.29) is 11.9 Å². The molecule has 0 spiro atoms. The van der Waals surface area contributed by atoms with Crippen LogP contribution in [0, 0.1) is 0 Å². The monoisotopic (exact) mass is 285 g/mol. The van der Waals surface area contributed by atoms with Crippen molar-refractivity contribution in [1.29, 1.82) is 0 Å². The topological polar surface area (TPSA) is 54.0 Å². The number of hydrogen-bond donors (Lipinski definition) is 2. The molecule has 1 amide bonds. The third-order valence-electron chi connectivity index (χ3n) is 2.06. The highest BCUT2D eigenvalue weighted by Gasteiger charge is 2.07. The number of anilines is 1. The Balaban J connectivity index is 2.42. The zero-order chi connectivity index (χ0) is 12.0. The van der Waals surface area contributed by atoms with Crippen LogP contribution in [0.15, 0.2) is 22.9 Å². The molecule has 1 unspecified atom stereocenters. The average molecular weight is 286 g/mol. The third kappa shape index (κ3) is 4.72. The Morgan fingerprint density at radius 1 is 1.56 bits per heavy atom. The van der Waals surface area contributed by atoms with Gasteiger partial charge >= 0.3 is 0 Å². The maximum Gasteiger partial charge on any atom is 0.225 e. The quantitative estimate of drug-likeness (QED) is 0.816. The first-order valence-electron chi connectivity index (χ1n) is 5.26. The summed E-state index contributed by atoms with van der Waals surface area (Å²) in [4.78, 5) is 15.6. The van der Waals surface area contributed by atoms with Crippen LogP contribution >= 0.6 is 15.9 Å². The van der Waals surface area contributed by atoms with E-state index in [0.717, 1.165) is 16.8 Å². The van der Waals surface area contributed by atoms with E-state index in [4.69, 9.17) is 0 Å². The van der Waals surface area contributed by atoms with Crippen molar-refractivity contribution in [2.75, 3.05) is 11.9 Å². The zero-order valence-corrected chi connectivity index (χ0v) is 11.0. The van der Waals surface area contributed by atoms with E-state index in [1.807, 2.05) is 19.9 Å². The Labute approximate surface area is 104 Å². The highest BCUT2D eigenvalue weighted by molar-refractivity contribution is 9.10. The summed E-state index contributed by atoms with van der Waals surface area (Å²) >= 11 is 3.24. The number of amides is 1. The van der Waals surface area contributed by atoms with Gasteiger partial charge in [-0.05, 0) is 41.5 Å². The van der Waals surface area contributed by atoms with E-state index in [1.165, 1.54) is 0 Å². The van der Waals surface area contributed by atoms with Gasteiger partial charge in [-0.2, -0.15) is 0 Å². The average Bonchev–Trinajstić information content (AvgIpc) is 2.21. The minimum Gasteiger partial charge on any atom is -0.325 e. The van der Waals surface area contributed by atoms with Crippen LogP contribution in [0.1, 0.15) is 20.3 Å². The van der Waals surface area contributed by atoms with E-state index in [2.05, 4.69) is 31.5 Å². The molecule has 2 N–H and O–H groups in total. The Bertz CT molecular complexity index is 340. The van der Waals surface area contributed by atoms with E-state index in [1.54, 1.807) is 12.3 Å². The molecule has 1 rings (SSSR count). The predicted molar refractivity (Wildman–Crippen MR) is 68.3 cm³/mol. The Morgan fingerprint density at radius 2 is 2.31 bits per heavy atom. The van der Waals surface area contributed by atoms with Gasteiger partial charge < -0.3 is 10.6 Å². The first-order chi connectivity index (χ1) is 7.61. The number of carbonyl (C=O) groups excluding carboxylic acids is 1. The van der Waals surface area contributed by atoms with Crippen LogP contribution in [0.3, 0.4) is 0 Å². The molecule has 0 aromatic carbocycles. The number of aromatic nitrogens is 1. The van der Waals surface area contributed by atoms with Gasteiger partial charge in [-0.1, -0.05) is 6.92 Å². The van der Waals surface area contributed by atoms with E-state index < -0.39 is 0 Å². The molecule has 0 aliphatic carbocycles. The van der Waals surface area contributed by atoms with Crippen molar-refractivity contribution in [3.8, 4) is 0 Å². The lowest BCUT2D eigenvalue weighted by molar-refractivity contribution is -0.116.